The number of carbonyl (C=O) groups is 1. The molecule has 2 heterocycles. The third kappa shape index (κ3) is 4.87. The Morgan fingerprint density at radius 1 is 1.33 bits per heavy atom. The van der Waals surface area contributed by atoms with Crippen molar-refractivity contribution < 1.29 is 18.3 Å². The monoisotopic (exact) mass is 336 g/mol. The lowest BCUT2D eigenvalue weighted by atomic mass is 10.1. The highest BCUT2D eigenvalue weighted by atomic mass is 19.3. The van der Waals surface area contributed by atoms with Crippen LogP contribution < -0.4 is 10.1 Å². The molecular weight excluding hydrogens is 318 g/mol. The second-order valence-corrected chi connectivity index (χ2v) is 5.07. The quantitative estimate of drug-likeness (QED) is 0.878. The van der Waals surface area contributed by atoms with Gasteiger partial charge < -0.3 is 9.64 Å². The van der Waals surface area contributed by atoms with Crippen molar-refractivity contribution in [1.29, 1.82) is 0 Å². The zero-order valence-electron chi connectivity index (χ0n) is 13.3. The summed E-state index contributed by atoms with van der Waals surface area (Å²) in [5.74, 6) is 0.244. The maximum atomic E-state index is 12.3. The third-order valence-electron chi connectivity index (χ3n) is 3.38. The van der Waals surface area contributed by atoms with Crippen molar-refractivity contribution in [2.75, 3.05) is 19.0 Å². The molecule has 2 amide bonds. The number of halogens is 2. The van der Waals surface area contributed by atoms with Crippen molar-refractivity contribution in [3.05, 3.63) is 48.3 Å². The van der Waals surface area contributed by atoms with E-state index in [0.717, 1.165) is 5.56 Å². The molecule has 0 spiro atoms. The Bertz CT molecular complexity index is 670. The van der Waals surface area contributed by atoms with Crippen molar-refractivity contribution in [3.8, 4) is 5.88 Å². The molecule has 0 aliphatic rings. The van der Waals surface area contributed by atoms with Crippen LogP contribution in [0, 0.1) is 0 Å². The van der Waals surface area contributed by atoms with E-state index in [1.54, 1.807) is 37.6 Å². The molecule has 1 atom stereocenters. The lowest BCUT2D eigenvalue weighted by Crippen LogP contribution is -2.33. The van der Waals surface area contributed by atoms with E-state index < -0.39 is 13.0 Å². The van der Waals surface area contributed by atoms with Crippen LogP contribution in [-0.2, 0) is 0 Å². The summed E-state index contributed by atoms with van der Waals surface area (Å²) in [5.41, 5.74) is 0.886. The summed E-state index contributed by atoms with van der Waals surface area (Å²) >= 11 is 0. The fourth-order valence-electron chi connectivity index (χ4n) is 1.93. The van der Waals surface area contributed by atoms with Gasteiger partial charge in [-0.2, -0.15) is 4.98 Å². The number of alkyl halides is 2. The molecule has 1 N–H and O–H groups in total. The van der Waals surface area contributed by atoms with Crippen LogP contribution in [0.15, 0.2) is 42.7 Å². The zero-order valence-corrected chi connectivity index (χ0v) is 13.3. The first-order valence-electron chi connectivity index (χ1n) is 7.29. The molecule has 2 aromatic heterocycles. The lowest BCUT2D eigenvalue weighted by molar-refractivity contribution is 0.0796. The van der Waals surface area contributed by atoms with Gasteiger partial charge in [-0.05, 0) is 24.6 Å². The Labute approximate surface area is 138 Å². The van der Waals surface area contributed by atoms with E-state index in [4.69, 9.17) is 4.74 Å². The first-order valence-corrected chi connectivity index (χ1v) is 7.29. The molecule has 6 nitrogen and oxygen atoms in total. The Balaban J connectivity index is 1.99. The number of pyridine rings is 2. The van der Waals surface area contributed by atoms with Gasteiger partial charge in [-0.3, -0.25) is 10.3 Å². The fourth-order valence-corrected chi connectivity index (χ4v) is 1.93. The van der Waals surface area contributed by atoms with Crippen molar-refractivity contribution >= 4 is 11.8 Å². The summed E-state index contributed by atoms with van der Waals surface area (Å²) in [4.78, 5) is 21.8. The number of ether oxygens (including phenoxy) is 1. The average molecular weight is 336 g/mol. The maximum absolute atomic E-state index is 12.3. The normalized spacial score (nSPS) is 11.9. The molecule has 0 radical (unpaired) electrons. The van der Waals surface area contributed by atoms with Gasteiger partial charge in [-0.25, -0.2) is 13.6 Å². The molecule has 0 aromatic carbocycles. The largest absolute Gasteiger partial charge is 0.472 e. The van der Waals surface area contributed by atoms with Gasteiger partial charge >= 0.3 is 6.03 Å². The van der Waals surface area contributed by atoms with Gasteiger partial charge in [0.25, 0.3) is 6.43 Å². The number of hydrogen-bond acceptors (Lipinski definition) is 4. The Kier molecular flexibility index (Phi) is 6.00. The van der Waals surface area contributed by atoms with Gasteiger partial charge in [-0.1, -0.05) is 12.1 Å². The number of carbonyl (C=O) groups excluding carboxylic acids is 1. The molecular formula is C16H18F2N4O2. The molecule has 0 aliphatic carbocycles. The molecule has 0 bridgehead atoms. The molecule has 2 aromatic rings. The fraction of sp³-hybridized carbons (Fsp3) is 0.312. The van der Waals surface area contributed by atoms with Crippen molar-refractivity contribution in [1.82, 2.24) is 14.9 Å². The van der Waals surface area contributed by atoms with Crippen molar-refractivity contribution in [2.45, 2.75) is 19.4 Å². The molecule has 0 fully saturated rings. The SMILES string of the molecule is C[C@H](c1cccnc1)N(C)C(=O)Nc1cccc(OCC(F)F)n1. The van der Waals surface area contributed by atoms with E-state index in [1.807, 2.05) is 13.0 Å². The number of amides is 2. The van der Waals surface area contributed by atoms with Crippen LogP contribution >= 0.6 is 0 Å². The highest BCUT2D eigenvalue weighted by Gasteiger charge is 2.18. The number of rotatable bonds is 6. The topological polar surface area (TPSA) is 67.4 Å². The van der Waals surface area contributed by atoms with Crippen LogP contribution in [-0.4, -0.2) is 41.0 Å². The number of aromatic nitrogens is 2. The van der Waals surface area contributed by atoms with Gasteiger partial charge in [0, 0.05) is 25.5 Å². The van der Waals surface area contributed by atoms with E-state index in [1.165, 1.54) is 11.0 Å². The van der Waals surface area contributed by atoms with E-state index in [0.29, 0.717) is 0 Å². The standard InChI is InChI=1S/C16H18F2N4O2/c1-11(12-5-4-8-19-9-12)22(2)16(23)21-14-6-3-7-15(20-14)24-10-13(17)18/h3-9,11,13H,10H2,1-2H3,(H,20,21,23)/t11-/m1/s1. The van der Waals surface area contributed by atoms with Gasteiger partial charge in [0.1, 0.15) is 5.82 Å². The lowest BCUT2D eigenvalue weighted by Gasteiger charge is -2.25. The van der Waals surface area contributed by atoms with E-state index in [-0.39, 0.29) is 23.8 Å². The highest BCUT2D eigenvalue weighted by molar-refractivity contribution is 5.88. The molecule has 8 heteroatoms. The predicted molar refractivity (Wildman–Crippen MR) is 85.2 cm³/mol. The van der Waals surface area contributed by atoms with Gasteiger partial charge in [0.2, 0.25) is 5.88 Å². The number of urea groups is 1. The maximum Gasteiger partial charge on any atom is 0.323 e. The van der Waals surface area contributed by atoms with Crippen LogP contribution in [0.3, 0.4) is 0 Å². The van der Waals surface area contributed by atoms with E-state index >= 15 is 0 Å². The molecule has 0 aliphatic heterocycles. The minimum absolute atomic E-state index is 0.0241. The number of anilines is 1. The van der Waals surface area contributed by atoms with Crippen LogP contribution in [0.4, 0.5) is 19.4 Å². The summed E-state index contributed by atoms with van der Waals surface area (Å²) in [6, 6.07) is 7.65. The minimum atomic E-state index is -2.59. The summed E-state index contributed by atoms with van der Waals surface area (Å²) in [6.07, 6.45) is 0.757. The molecule has 0 saturated carbocycles. The molecule has 0 saturated heterocycles. The number of nitrogens with one attached hydrogen (secondary N) is 1. The van der Waals surface area contributed by atoms with Crippen LogP contribution in [0.25, 0.3) is 0 Å². The minimum Gasteiger partial charge on any atom is -0.472 e. The Morgan fingerprint density at radius 3 is 2.79 bits per heavy atom. The second-order valence-electron chi connectivity index (χ2n) is 5.07. The summed E-state index contributed by atoms with van der Waals surface area (Å²) in [6.45, 7) is 1.12. The average Bonchev–Trinajstić information content (AvgIpc) is 2.59. The van der Waals surface area contributed by atoms with Crippen LogP contribution in [0.1, 0.15) is 18.5 Å². The third-order valence-corrected chi connectivity index (χ3v) is 3.38. The van der Waals surface area contributed by atoms with Crippen molar-refractivity contribution in [2.24, 2.45) is 0 Å². The summed E-state index contributed by atoms with van der Waals surface area (Å²) < 4.78 is 29.1. The van der Waals surface area contributed by atoms with Gasteiger partial charge in [0.15, 0.2) is 6.61 Å². The van der Waals surface area contributed by atoms with E-state index in [2.05, 4.69) is 15.3 Å². The first-order chi connectivity index (χ1) is 11.5. The summed E-state index contributed by atoms with van der Waals surface area (Å²) in [5, 5.41) is 2.61. The Morgan fingerprint density at radius 2 is 2.12 bits per heavy atom. The summed E-state index contributed by atoms with van der Waals surface area (Å²) in [7, 11) is 1.64. The van der Waals surface area contributed by atoms with Gasteiger partial charge in [0.05, 0.1) is 6.04 Å². The number of nitrogens with zero attached hydrogens (tertiary/aromatic N) is 3. The first kappa shape index (κ1) is 17.6. The second kappa shape index (κ2) is 8.19. The van der Waals surface area contributed by atoms with Crippen LogP contribution in [0.2, 0.25) is 0 Å². The highest BCUT2D eigenvalue weighted by Crippen LogP contribution is 2.19. The molecule has 24 heavy (non-hydrogen) atoms. The molecule has 2 rings (SSSR count). The molecule has 128 valence electrons. The zero-order chi connectivity index (χ0) is 17.5. The smallest absolute Gasteiger partial charge is 0.323 e. The predicted octanol–water partition coefficient (Wildman–Crippen LogP) is 3.35. The Hall–Kier alpha value is -2.77. The van der Waals surface area contributed by atoms with Gasteiger partial charge in [-0.15, -0.1) is 0 Å². The van der Waals surface area contributed by atoms with E-state index in [9.17, 15) is 13.6 Å². The van der Waals surface area contributed by atoms with Crippen LogP contribution in [0.5, 0.6) is 5.88 Å². The molecule has 0 unspecified atom stereocenters. The number of hydrogen-bond donors (Lipinski definition) is 1. The van der Waals surface area contributed by atoms with Crippen molar-refractivity contribution in [3.63, 3.8) is 0 Å².